The highest BCUT2D eigenvalue weighted by Gasteiger charge is 2.21. The van der Waals surface area contributed by atoms with Crippen LogP contribution in [0.4, 0.5) is 0 Å². The number of hydrogen-bond acceptors (Lipinski definition) is 5. The second-order valence-electron chi connectivity index (χ2n) is 6.33. The molecule has 0 aliphatic carbocycles. The smallest absolute Gasteiger partial charge is 0.322 e. The SMILES string of the molecule is COC(=O)[C@@H](N)Cc1c(Cc2ccc3c(c2)OCO3)[nH]c2ccccc12. The Hall–Kier alpha value is -2.99. The lowest BCUT2D eigenvalue weighted by Crippen LogP contribution is -2.33. The van der Waals surface area contributed by atoms with Crippen molar-refractivity contribution in [2.45, 2.75) is 18.9 Å². The molecule has 6 heteroatoms. The number of nitrogens with two attached hydrogens (primary N) is 1. The van der Waals surface area contributed by atoms with Crippen LogP contribution in [0.5, 0.6) is 11.5 Å². The summed E-state index contributed by atoms with van der Waals surface area (Å²) < 4.78 is 15.6. The van der Waals surface area contributed by atoms with E-state index in [1.165, 1.54) is 7.11 Å². The molecule has 3 N–H and O–H groups in total. The van der Waals surface area contributed by atoms with Crippen molar-refractivity contribution in [2.75, 3.05) is 13.9 Å². The molecule has 0 saturated carbocycles. The fraction of sp³-hybridized carbons (Fsp3) is 0.250. The van der Waals surface area contributed by atoms with Gasteiger partial charge in [0.25, 0.3) is 0 Å². The van der Waals surface area contributed by atoms with E-state index >= 15 is 0 Å². The molecule has 134 valence electrons. The largest absolute Gasteiger partial charge is 0.468 e. The van der Waals surface area contributed by atoms with E-state index in [1.54, 1.807) is 0 Å². The average Bonchev–Trinajstić information content (AvgIpc) is 3.25. The first-order valence-electron chi connectivity index (χ1n) is 8.46. The zero-order valence-corrected chi connectivity index (χ0v) is 14.5. The maximum atomic E-state index is 11.8. The van der Waals surface area contributed by atoms with Crippen LogP contribution < -0.4 is 15.2 Å². The van der Waals surface area contributed by atoms with Crippen molar-refractivity contribution >= 4 is 16.9 Å². The first-order chi connectivity index (χ1) is 12.7. The molecule has 6 nitrogen and oxygen atoms in total. The quantitative estimate of drug-likeness (QED) is 0.689. The number of nitrogens with one attached hydrogen (secondary N) is 1. The molecule has 0 amide bonds. The Bertz CT molecular complexity index is 964. The van der Waals surface area contributed by atoms with E-state index < -0.39 is 12.0 Å². The number of aromatic amines is 1. The van der Waals surface area contributed by atoms with Crippen LogP contribution in [-0.4, -0.2) is 30.9 Å². The molecule has 26 heavy (non-hydrogen) atoms. The van der Waals surface area contributed by atoms with Gasteiger partial charge in [-0.1, -0.05) is 24.3 Å². The summed E-state index contributed by atoms with van der Waals surface area (Å²) in [6.45, 7) is 0.254. The van der Waals surface area contributed by atoms with E-state index in [2.05, 4.69) is 4.98 Å². The molecule has 0 fully saturated rings. The Morgan fingerprint density at radius 1 is 1.23 bits per heavy atom. The lowest BCUT2D eigenvalue weighted by Gasteiger charge is -2.11. The van der Waals surface area contributed by atoms with Gasteiger partial charge in [0.2, 0.25) is 6.79 Å². The summed E-state index contributed by atoms with van der Waals surface area (Å²) in [4.78, 5) is 15.2. The number of fused-ring (bicyclic) bond motifs is 2. The Balaban J connectivity index is 1.69. The Kier molecular flexibility index (Phi) is 4.26. The first-order valence-corrected chi connectivity index (χ1v) is 8.46. The van der Waals surface area contributed by atoms with Gasteiger partial charge in [0, 0.05) is 29.4 Å². The number of methoxy groups -OCH3 is 1. The minimum Gasteiger partial charge on any atom is -0.468 e. The van der Waals surface area contributed by atoms with Gasteiger partial charge in [-0.05, 0) is 29.3 Å². The number of rotatable bonds is 5. The summed E-state index contributed by atoms with van der Waals surface area (Å²) in [7, 11) is 1.35. The second kappa shape index (κ2) is 6.72. The van der Waals surface area contributed by atoms with Gasteiger partial charge < -0.3 is 24.9 Å². The van der Waals surface area contributed by atoms with Crippen LogP contribution >= 0.6 is 0 Å². The van der Waals surface area contributed by atoms with Gasteiger partial charge in [-0.25, -0.2) is 0 Å². The molecule has 2 heterocycles. The van der Waals surface area contributed by atoms with Crippen molar-refractivity contribution < 1.29 is 19.0 Å². The van der Waals surface area contributed by atoms with Gasteiger partial charge in [-0.15, -0.1) is 0 Å². The Labute approximate surface area is 150 Å². The van der Waals surface area contributed by atoms with Gasteiger partial charge in [0.1, 0.15) is 6.04 Å². The van der Waals surface area contributed by atoms with Crippen molar-refractivity contribution in [3.05, 3.63) is 59.3 Å². The lowest BCUT2D eigenvalue weighted by atomic mass is 9.99. The number of aromatic nitrogens is 1. The highest BCUT2D eigenvalue weighted by molar-refractivity contribution is 5.86. The zero-order valence-electron chi connectivity index (χ0n) is 14.5. The number of hydrogen-bond donors (Lipinski definition) is 2. The molecule has 3 aromatic rings. The van der Waals surface area contributed by atoms with Crippen molar-refractivity contribution in [3.63, 3.8) is 0 Å². The fourth-order valence-electron chi connectivity index (χ4n) is 3.35. The number of carbonyl (C=O) groups is 1. The van der Waals surface area contributed by atoms with Crippen LogP contribution in [0.25, 0.3) is 10.9 Å². The van der Waals surface area contributed by atoms with E-state index in [4.69, 9.17) is 19.9 Å². The van der Waals surface area contributed by atoms with E-state index in [0.29, 0.717) is 12.8 Å². The van der Waals surface area contributed by atoms with Crippen molar-refractivity contribution in [1.29, 1.82) is 0 Å². The average molecular weight is 352 g/mol. The van der Waals surface area contributed by atoms with Gasteiger partial charge >= 0.3 is 5.97 Å². The molecule has 2 aromatic carbocycles. The molecule has 1 aromatic heterocycles. The highest BCUT2D eigenvalue weighted by atomic mass is 16.7. The number of para-hydroxylation sites is 1. The number of esters is 1. The van der Waals surface area contributed by atoms with Crippen LogP contribution in [-0.2, 0) is 22.4 Å². The molecule has 0 saturated heterocycles. The van der Waals surface area contributed by atoms with Crippen LogP contribution in [0, 0.1) is 0 Å². The van der Waals surface area contributed by atoms with E-state index in [-0.39, 0.29) is 6.79 Å². The minimum atomic E-state index is -0.699. The zero-order chi connectivity index (χ0) is 18.1. The summed E-state index contributed by atoms with van der Waals surface area (Å²) in [6.07, 6.45) is 1.09. The molecule has 0 spiro atoms. The fourth-order valence-corrected chi connectivity index (χ4v) is 3.35. The monoisotopic (exact) mass is 352 g/mol. The maximum absolute atomic E-state index is 11.8. The predicted molar refractivity (Wildman–Crippen MR) is 97.4 cm³/mol. The van der Waals surface area contributed by atoms with Crippen LogP contribution in [0.1, 0.15) is 16.8 Å². The third-order valence-corrected chi connectivity index (χ3v) is 4.65. The van der Waals surface area contributed by atoms with E-state index in [9.17, 15) is 4.79 Å². The van der Waals surface area contributed by atoms with Crippen LogP contribution in [0.2, 0.25) is 0 Å². The first kappa shape index (κ1) is 16.5. The third-order valence-electron chi connectivity index (χ3n) is 4.65. The van der Waals surface area contributed by atoms with Crippen molar-refractivity contribution in [1.82, 2.24) is 4.98 Å². The molecule has 1 aliphatic heterocycles. The molecule has 0 bridgehead atoms. The van der Waals surface area contributed by atoms with Crippen molar-refractivity contribution in [3.8, 4) is 11.5 Å². The number of ether oxygens (including phenoxy) is 3. The maximum Gasteiger partial charge on any atom is 0.322 e. The Morgan fingerprint density at radius 3 is 2.88 bits per heavy atom. The molecular formula is C20H20N2O4. The van der Waals surface area contributed by atoms with Gasteiger partial charge in [-0.2, -0.15) is 0 Å². The molecule has 1 atom stereocenters. The summed E-state index contributed by atoms with van der Waals surface area (Å²) in [5.74, 6) is 1.11. The van der Waals surface area contributed by atoms with Gasteiger partial charge in [0.05, 0.1) is 7.11 Å². The summed E-state index contributed by atoms with van der Waals surface area (Å²) in [5, 5.41) is 1.07. The normalized spacial score (nSPS) is 13.8. The molecule has 4 rings (SSSR count). The number of benzene rings is 2. The van der Waals surface area contributed by atoms with E-state index in [0.717, 1.165) is 39.2 Å². The Morgan fingerprint density at radius 2 is 2.04 bits per heavy atom. The molecular weight excluding hydrogens is 332 g/mol. The summed E-state index contributed by atoms with van der Waals surface area (Å²) in [6, 6.07) is 13.2. The second-order valence-corrected chi connectivity index (χ2v) is 6.33. The number of H-pyrrole nitrogens is 1. The minimum absolute atomic E-state index is 0.254. The molecule has 0 unspecified atom stereocenters. The van der Waals surface area contributed by atoms with Crippen molar-refractivity contribution in [2.24, 2.45) is 5.73 Å². The van der Waals surface area contributed by atoms with Crippen LogP contribution in [0.3, 0.4) is 0 Å². The lowest BCUT2D eigenvalue weighted by molar-refractivity contribution is -0.142. The predicted octanol–water partition coefficient (Wildman–Crippen LogP) is 2.53. The highest BCUT2D eigenvalue weighted by Crippen LogP contribution is 2.34. The standard InChI is InChI=1S/C20H20N2O4/c1-24-20(23)15(21)10-14-13-4-2-3-5-16(13)22-17(14)8-12-6-7-18-19(9-12)26-11-25-18/h2-7,9,15,22H,8,10-11,21H2,1H3/t15-/m0/s1. The third kappa shape index (κ3) is 2.99. The summed E-state index contributed by atoms with van der Waals surface area (Å²) in [5.41, 5.74) is 10.2. The molecule has 0 radical (unpaired) electrons. The summed E-state index contributed by atoms with van der Waals surface area (Å²) >= 11 is 0. The van der Waals surface area contributed by atoms with Gasteiger partial charge in [0.15, 0.2) is 11.5 Å². The number of carbonyl (C=O) groups excluding carboxylic acids is 1. The van der Waals surface area contributed by atoms with Crippen LogP contribution in [0.15, 0.2) is 42.5 Å². The van der Waals surface area contributed by atoms with Gasteiger partial charge in [-0.3, -0.25) is 4.79 Å². The topological polar surface area (TPSA) is 86.6 Å². The van der Waals surface area contributed by atoms with E-state index in [1.807, 2.05) is 42.5 Å². The molecule has 1 aliphatic rings.